The molecule has 0 atom stereocenters. The van der Waals surface area contributed by atoms with E-state index in [0.717, 1.165) is 0 Å². The lowest BCUT2D eigenvalue weighted by atomic mass is 10.6. The molecule has 0 aliphatic carbocycles. The third-order valence-corrected chi connectivity index (χ3v) is 1.30. The van der Waals surface area contributed by atoms with Crippen molar-refractivity contribution in [3.63, 3.8) is 0 Å². The van der Waals surface area contributed by atoms with Crippen LogP contribution in [0.1, 0.15) is 6.92 Å². The van der Waals surface area contributed by atoms with Gasteiger partial charge in [0, 0.05) is 0 Å². The molecule has 0 aromatic carbocycles. The van der Waals surface area contributed by atoms with Crippen LogP contribution in [0.25, 0.3) is 0 Å². The summed E-state index contributed by atoms with van der Waals surface area (Å²) in [6, 6.07) is 0. The number of ether oxygens (including phenoxy) is 1. The predicted molar refractivity (Wildman–Crippen MR) is 42.6 cm³/mol. The Hall–Kier alpha value is -1.03. The van der Waals surface area contributed by atoms with Crippen LogP contribution < -0.4 is 10.5 Å². The Morgan fingerprint density at radius 3 is 3.00 bits per heavy atom. The molecule has 0 unspecified atom stereocenters. The van der Waals surface area contributed by atoms with Gasteiger partial charge in [0.1, 0.15) is 0 Å². The third kappa shape index (κ3) is 1.94. The average molecular weight is 174 g/mol. The smallest absolute Gasteiger partial charge is 0.221 e. The largest absolute Gasteiger partial charge is 0.489 e. The number of nitrogens with zero attached hydrogens (tertiary/aromatic N) is 2. The predicted octanol–water partition coefficient (Wildman–Crippen LogP) is 1.11. The van der Waals surface area contributed by atoms with Gasteiger partial charge in [-0.25, -0.2) is 4.98 Å². The van der Waals surface area contributed by atoms with Gasteiger partial charge >= 0.3 is 0 Å². The van der Waals surface area contributed by atoms with Gasteiger partial charge in [0.2, 0.25) is 5.95 Å². The van der Waals surface area contributed by atoms with E-state index in [4.69, 9.17) is 22.1 Å². The minimum atomic E-state index is 0.151. The number of rotatable bonds is 2. The number of hydrogen-bond acceptors (Lipinski definition) is 4. The second-order valence-electron chi connectivity index (χ2n) is 1.82. The summed E-state index contributed by atoms with van der Waals surface area (Å²) in [5, 5.41) is 0.249. The first-order valence-corrected chi connectivity index (χ1v) is 3.52. The zero-order valence-corrected chi connectivity index (χ0v) is 6.80. The maximum Gasteiger partial charge on any atom is 0.221 e. The second kappa shape index (κ2) is 3.39. The molecule has 0 radical (unpaired) electrons. The number of nitrogens with two attached hydrogens (primary N) is 1. The van der Waals surface area contributed by atoms with Gasteiger partial charge in [-0.1, -0.05) is 11.6 Å². The lowest BCUT2D eigenvalue weighted by Gasteiger charge is -2.02. The van der Waals surface area contributed by atoms with Crippen molar-refractivity contribution in [3.05, 3.63) is 11.3 Å². The normalized spacial score (nSPS) is 9.64. The summed E-state index contributed by atoms with van der Waals surface area (Å²) < 4.78 is 5.08. The molecule has 0 amide bonds. The van der Waals surface area contributed by atoms with Gasteiger partial charge in [-0.15, -0.1) is 0 Å². The quantitative estimate of drug-likeness (QED) is 0.681. The number of hydrogen-bond donors (Lipinski definition) is 1. The molecule has 1 rings (SSSR count). The van der Waals surface area contributed by atoms with E-state index in [-0.39, 0.29) is 11.1 Å². The molecule has 5 heteroatoms. The molecule has 0 aliphatic rings. The van der Waals surface area contributed by atoms with Crippen LogP contribution in [-0.4, -0.2) is 16.6 Å². The van der Waals surface area contributed by atoms with Crippen molar-refractivity contribution < 1.29 is 4.74 Å². The topological polar surface area (TPSA) is 61.0 Å². The Kier molecular flexibility index (Phi) is 2.48. The van der Waals surface area contributed by atoms with Gasteiger partial charge in [-0.3, -0.25) is 0 Å². The second-order valence-corrected chi connectivity index (χ2v) is 2.17. The van der Waals surface area contributed by atoms with Crippen molar-refractivity contribution in [1.29, 1.82) is 0 Å². The fraction of sp³-hybridized carbons (Fsp3) is 0.333. The van der Waals surface area contributed by atoms with Crippen LogP contribution in [0.3, 0.4) is 0 Å². The summed E-state index contributed by atoms with van der Waals surface area (Å²) in [6.45, 7) is 2.39. The SMILES string of the molecule is CCOc1cnc(N)nc1Cl. The van der Waals surface area contributed by atoms with Crippen molar-refractivity contribution in [2.24, 2.45) is 0 Å². The van der Waals surface area contributed by atoms with Gasteiger partial charge in [0.05, 0.1) is 12.8 Å². The fourth-order valence-corrected chi connectivity index (χ4v) is 0.805. The number of anilines is 1. The Balaban J connectivity index is 2.90. The van der Waals surface area contributed by atoms with Gasteiger partial charge in [-0.05, 0) is 6.92 Å². The maximum absolute atomic E-state index is 5.65. The first kappa shape index (κ1) is 8.07. The van der Waals surface area contributed by atoms with Crippen molar-refractivity contribution in [3.8, 4) is 5.75 Å². The molecule has 2 N–H and O–H groups in total. The number of aromatic nitrogens is 2. The summed E-state index contributed by atoms with van der Waals surface area (Å²) in [7, 11) is 0. The molecular formula is C6H8ClN3O. The van der Waals surface area contributed by atoms with Crippen LogP contribution >= 0.6 is 11.6 Å². The van der Waals surface area contributed by atoms with E-state index in [0.29, 0.717) is 12.4 Å². The molecule has 1 aromatic rings. The zero-order chi connectivity index (χ0) is 8.27. The zero-order valence-electron chi connectivity index (χ0n) is 6.04. The first-order valence-electron chi connectivity index (χ1n) is 3.15. The molecule has 0 spiro atoms. The monoisotopic (exact) mass is 173 g/mol. The minimum absolute atomic E-state index is 0.151. The fourth-order valence-electron chi connectivity index (χ4n) is 0.615. The summed E-state index contributed by atoms with van der Waals surface area (Å²) in [4.78, 5) is 7.42. The maximum atomic E-state index is 5.65. The highest BCUT2D eigenvalue weighted by Gasteiger charge is 2.02. The lowest BCUT2D eigenvalue weighted by molar-refractivity contribution is 0.337. The van der Waals surface area contributed by atoms with E-state index >= 15 is 0 Å². The van der Waals surface area contributed by atoms with Gasteiger partial charge < -0.3 is 10.5 Å². The molecule has 0 aliphatic heterocycles. The molecule has 60 valence electrons. The van der Waals surface area contributed by atoms with Gasteiger partial charge in [-0.2, -0.15) is 4.98 Å². The van der Waals surface area contributed by atoms with Crippen molar-refractivity contribution in [1.82, 2.24) is 9.97 Å². The van der Waals surface area contributed by atoms with Crippen LogP contribution in [0.4, 0.5) is 5.95 Å². The van der Waals surface area contributed by atoms with E-state index in [1.54, 1.807) is 0 Å². The van der Waals surface area contributed by atoms with Crippen LogP contribution in [0.2, 0.25) is 5.15 Å². The number of nitrogen functional groups attached to an aromatic ring is 1. The minimum Gasteiger partial charge on any atom is -0.489 e. The molecule has 1 aromatic heterocycles. The van der Waals surface area contributed by atoms with E-state index in [9.17, 15) is 0 Å². The van der Waals surface area contributed by atoms with Crippen LogP contribution in [0, 0.1) is 0 Å². The lowest BCUT2D eigenvalue weighted by Crippen LogP contribution is -1.98. The molecule has 1 heterocycles. The van der Waals surface area contributed by atoms with Crippen molar-refractivity contribution in [2.75, 3.05) is 12.3 Å². The molecule has 4 nitrogen and oxygen atoms in total. The molecule has 0 fully saturated rings. The summed E-state index contributed by atoms with van der Waals surface area (Å²) >= 11 is 5.65. The molecular weight excluding hydrogens is 166 g/mol. The Bertz CT molecular complexity index is 254. The van der Waals surface area contributed by atoms with Crippen LogP contribution in [0.15, 0.2) is 6.20 Å². The van der Waals surface area contributed by atoms with Gasteiger partial charge in [0.25, 0.3) is 0 Å². The Morgan fingerprint density at radius 2 is 2.45 bits per heavy atom. The van der Waals surface area contributed by atoms with E-state index in [2.05, 4.69) is 9.97 Å². The third-order valence-electron chi connectivity index (χ3n) is 1.03. The highest BCUT2D eigenvalue weighted by Crippen LogP contribution is 2.20. The van der Waals surface area contributed by atoms with Gasteiger partial charge in [0.15, 0.2) is 10.9 Å². The summed E-state index contributed by atoms with van der Waals surface area (Å²) in [5.74, 6) is 0.613. The first-order chi connectivity index (χ1) is 5.24. The van der Waals surface area contributed by atoms with E-state index in [1.807, 2.05) is 6.92 Å². The van der Waals surface area contributed by atoms with Crippen LogP contribution in [-0.2, 0) is 0 Å². The number of halogens is 1. The summed E-state index contributed by atoms with van der Waals surface area (Å²) in [5.41, 5.74) is 5.26. The van der Waals surface area contributed by atoms with Crippen LogP contribution in [0.5, 0.6) is 5.75 Å². The average Bonchev–Trinajstić information content (AvgIpc) is 1.95. The van der Waals surface area contributed by atoms with Crippen molar-refractivity contribution in [2.45, 2.75) is 6.92 Å². The van der Waals surface area contributed by atoms with Crippen molar-refractivity contribution >= 4 is 17.5 Å². The summed E-state index contributed by atoms with van der Waals surface area (Å²) in [6.07, 6.45) is 1.45. The molecule has 0 bridgehead atoms. The highest BCUT2D eigenvalue weighted by molar-refractivity contribution is 6.30. The molecule has 0 saturated carbocycles. The standard InChI is InChI=1S/C6H8ClN3O/c1-2-11-4-3-9-6(8)10-5(4)7/h3H,2H2,1H3,(H2,8,9,10). The molecule has 11 heavy (non-hydrogen) atoms. The molecule has 0 saturated heterocycles. The Morgan fingerprint density at radius 1 is 1.73 bits per heavy atom. The van der Waals surface area contributed by atoms with E-state index < -0.39 is 0 Å². The highest BCUT2D eigenvalue weighted by atomic mass is 35.5. The van der Waals surface area contributed by atoms with E-state index in [1.165, 1.54) is 6.20 Å². The Labute approximate surface area is 69.4 Å².